The summed E-state index contributed by atoms with van der Waals surface area (Å²) in [7, 11) is -2.29. The van der Waals surface area contributed by atoms with E-state index < -0.39 is 10.0 Å². The first-order valence-electron chi connectivity index (χ1n) is 10.1. The third-order valence-electron chi connectivity index (χ3n) is 4.30. The third-order valence-corrected chi connectivity index (χ3v) is 5.64. The maximum absolute atomic E-state index is 12.4. The van der Waals surface area contributed by atoms with Gasteiger partial charge in [-0.15, -0.1) is 0 Å². The fourth-order valence-corrected chi connectivity index (χ4v) is 3.68. The van der Waals surface area contributed by atoms with Crippen LogP contribution in [-0.2, 0) is 14.8 Å². The summed E-state index contributed by atoms with van der Waals surface area (Å²) in [5.41, 5.74) is 1.21. The first-order valence-corrected chi connectivity index (χ1v) is 11.6. The number of benzene rings is 2. The summed E-state index contributed by atoms with van der Waals surface area (Å²) in [6, 6.07) is 12.7. The monoisotopic (exact) mass is 468 g/mol. The van der Waals surface area contributed by atoms with E-state index in [1.165, 1.54) is 42.7 Å². The van der Waals surface area contributed by atoms with Crippen molar-refractivity contribution in [3.63, 3.8) is 0 Å². The van der Waals surface area contributed by atoms with E-state index in [2.05, 4.69) is 20.0 Å². The number of hydrogen-bond acceptors (Lipinski definition) is 7. The van der Waals surface area contributed by atoms with E-state index >= 15 is 0 Å². The van der Waals surface area contributed by atoms with Crippen molar-refractivity contribution < 1.29 is 22.7 Å². The van der Waals surface area contributed by atoms with E-state index in [0.29, 0.717) is 23.8 Å². The second-order valence-electron chi connectivity index (χ2n) is 6.78. The van der Waals surface area contributed by atoms with Crippen molar-refractivity contribution in [2.45, 2.75) is 18.2 Å². The number of hydrogen-bond donors (Lipinski definition) is 2. The summed E-state index contributed by atoms with van der Waals surface area (Å²) in [6.07, 6.45) is 6.77. The maximum Gasteiger partial charge on any atom is 0.264 e. The van der Waals surface area contributed by atoms with Gasteiger partial charge in [0, 0.05) is 24.2 Å². The fourth-order valence-electron chi connectivity index (χ4n) is 2.72. The van der Waals surface area contributed by atoms with Crippen LogP contribution in [0.25, 0.3) is 6.08 Å². The molecule has 0 radical (unpaired) electrons. The molecule has 0 aliphatic rings. The number of anilines is 2. The van der Waals surface area contributed by atoms with Crippen LogP contribution < -0.4 is 19.5 Å². The normalized spacial score (nSPS) is 11.2. The molecule has 3 aromatic rings. The minimum atomic E-state index is -3.84. The fraction of sp³-hybridized carbons (Fsp3) is 0.174. The molecule has 0 fully saturated rings. The summed E-state index contributed by atoms with van der Waals surface area (Å²) < 4.78 is 38.1. The van der Waals surface area contributed by atoms with Crippen LogP contribution in [0.15, 0.2) is 71.9 Å². The van der Waals surface area contributed by atoms with Gasteiger partial charge in [0.2, 0.25) is 11.9 Å². The van der Waals surface area contributed by atoms with Crippen LogP contribution in [0.5, 0.6) is 11.5 Å². The van der Waals surface area contributed by atoms with Crippen LogP contribution in [0.1, 0.15) is 18.9 Å². The standard InChI is InChI=1S/C23H24N4O5S/c1-3-15-32-20-11-5-17(16-21(20)31-2)6-12-22(28)26-18-7-9-19(10-8-18)33(29,30)27-23-24-13-4-14-25-23/h4-14,16H,3,15H2,1-2H3,(H,26,28)(H,24,25,27)/b12-6+. The summed E-state index contributed by atoms with van der Waals surface area (Å²) >= 11 is 0. The zero-order chi connectivity index (χ0) is 23.7. The molecule has 0 saturated carbocycles. The number of methoxy groups -OCH3 is 1. The lowest BCUT2D eigenvalue weighted by Crippen LogP contribution is -2.15. The second kappa shape index (κ2) is 11.1. The van der Waals surface area contributed by atoms with Gasteiger partial charge in [0.25, 0.3) is 10.0 Å². The van der Waals surface area contributed by atoms with Crippen molar-refractivity contribution in [3.8, 4) is 11.5 Å². The Morgan fingerprint density at radius 1 is 1.06 bits per heavy atom. The number of nitrogens with one attached hydrogen (secondary N) is 2. The number of aromatic nitrogens is 2. The average molecular weight is 469 g/mol. The van der Waals surface area contributed by atoms with Gasteiger partial charge in [-0.3, -0.25) is 4.79 Å². The molecule has 0 aliphatic carbocycles. The molecule has 0 bridgehead atoms. The lowest BCUT2D eigenvalue weighted by Gasteiger charge is -2.10. The average Bonchev–Trinajstić information content (AvgIpc) is 2.82. The molecule has 0 spiro atoms. The van der Waals surface area contributed by atoms with Crippen molar-refractivity contribution in [2.24, 2.45) is 0 Å². The number of sulfonamides is 1. The van der Waals surface area contributed by atoms with E-state index in [4.69, 9.17) is 9.47 Å². The van der Waals surface area contributed by atoms with Gasteiger partial charge in [0.1, 0.15) is 0 Å². The topological polar surface area (TPSA) is 120 Å². The number of amides is 1. The Hall–Kier alpha value is -3.92. The van der Waals surface area contributed by atoms with E-state index in [1.54, 1.807) is 31.4 Å². The van der Waals surface area contributed by atoms with Gasteiger partial charge >= 0.3 is 0 Å². The Morgan fingerprint density at radius 2 is 1.79 bits per heavy atom. The number of rotatable bonds is 10. The molecule has 3 rings (SSSR count). The summed E-state index contributed by atoms with van der Waals surface area (Å²) in [5, 5.41) is 2.69. The quantitative estimate of drug-likeness (QED) is 0.435. The predicted octanol–water partition coefficient (Wildman–Crippen LogP) is 3.73. The molecule has 10 heteroatoms. The summed E-state index contributed by atoms with van der Waals surface area (Å²) in [6.45, 7) is 2.61. The highest BCUT2D eigenvalue weighted by Crippen LogP contribution is 2.28. The first kappa shape index (κ1) is 23.7. The van der Waals surface area contributed by atoms with E-state index in [0.717, 1.165) is 12.0 Å². The second-order valence-corrected chi connectivity index (χ2v) is 8.47. The Bertz CT molecular complexity index is 1210. The maximum atomic E-state index is 12.4. The van der Waals surface area contributed by atoms with Crippen LogP contribution in [0, 0.1) is 0 Å². The molecule has 2 N–H and O–H groups in total. The minimum Gasteiger partial charge on any atom is -0.493 e. The highest BCUT2D eigenvalue weighted by atomic mass is 32.2. The molecule has 1 aromatic heterocycles. The SMILES string of the molecule is CCCOc1ccc(/C=C/C(=O)Nc2ccc(S(=O)(=O)Nc3ncccn3)cc2)cc1OC. The third kappa shape index (κ3) is 6.78. The predicted molar refractivity (Wildman–Crippen MR) is 126 cm³/mol. The zero-order valence-electron chi connectivity index (χ0n) is 18.2. The van der Waals surface area contributed by atoms with Crippen LogP contribution in [-0.4, -0.2) is 38.0 Å². The molecule has 2 aromatic carbocycles. The molecular weight excluding hydrogens is 444 g/mol. The Labute approximate surface area is 192 Å². The number of nitrogens with zero attached hydrogens (tertiary/aromatic N) is 2. The lowest BCUT2D eigenvalue weighted by molar-refractivity contribution is -0.111. The molecule has 0 unspecified atom stereocenters. The van der Waals surface area contributed by atoms with Gasteiger partial charge in [0.05, 0.1) is 18.6 Å². The van der Waals surface area contributed by atoms with Crippen molar-refractivity contribution in [1.82, 2.24) is 9.97 Å². The van der Waals surface area contributed by atoms with Gasteiger partial charge in [-0.05, 0) is 60.5 Å². The highest BCUT2D eigenvalue weighted by Gasteiger charge is 2.15. The molecule has 9 nitrogen and oxygen atoms in total. The van der Waals surface area contributed by atoms with Gasteiger partial charge in [0.15, 0.2) is 11.5 Å². The van der Waals surface area contributed by atoms with E-state index in [1.807, 2.05) is 13.0 Å². The van der Waals surface area contributed by atoms with Crippen molar-refractivity contribution in [2.75, 3.05) is 23.8 Å². The van der Waals surface area contributed by atoms with Crippen molar-refractivity contribution >= 4 is 33.6 Å². The molecule has 172 valence electrons. The molecule has 0 saturated heterocycles. The first-order chi connectivity index (χ1) is 15.9. The Kier molecular flexibility index (Phi) is 7.98. The van der Waals surface area contributed by atoms with Gasteiger partial charge in [-0.25, -0.2) is 23.1 Å². The molecule has 33 heavy (non-hydrogen) atoms. The molecule has 0 aliphatic heterocycles. The molecular formula is C23H24N4O5S. The van der Waals surface area contributed by atoms with Gasteiger partial charge in [-0.1, -0.05) is 13.0 Å². The summed E-state index contributed by atoms with van der Waals surface area (Å²) in [5.74, 6) is 0.829. The van der Waals surface area contributed by atoms with Crippen LogP contribution in [0.2, 0.25) is 0 Å². The zero-order valence-corrected chi connectivity index (χ0v) is 19.0. The largest absolute Gasteiger partial charge is 0.493 e. The highest BCUT2D eigenvalue weighted by molar-refractivity contribution is 7.92. The van der Waals surface area contributed by atoms with Crippen molar-refractivity contribution in [1.29, 1.82) is 0 Å². The summed E-state index contributed by atoms with van der Waals surface area (Å²) in [4.78, 5) is 20.0. The van der Waals surface area contributed by atoms with Crippen molar-refractivity contribution in [3.05, 3.63) is 72.6 Å². The Morgan fingerprint density at radius 3 is 2.45 bits per heavy atom. The lowest BCUT2D eigenvalue weighted by atomic mass is 10.2. The van der Waals surface area contributed by atoms with Crippen LogP contribution >= 0.6 is 0 Å². The Balaban J connectivity index is 1.62. The number of carbonyl (C=O) groups is 1. The van der Waals surface area contributed by atoms with Gasteiger partial charge < -0.3 is 14.8 Å². The molecule has 1 amide bonds. The van der Waals surface area contributed by atoms with Gasteiger partial charge in [-0.2, -0.15) is 0 Å². The van der Waals surface area contributed by atoms with Crippen LogP contribution in [0.4, 0.5) is 11.6 Å². The van der Waals surface area contributed by atoms with E-state index in [-0.39, 0.29) is 16.8 Å². The smallest absolute Gasteiger partial charge is 0.264 e. The van der Waals surface area contributed by atoms with Crippen LogP contribution in [0.3, 0.4) is 0 Å². The number of ether oxygens (including phenoxy) is 2. The number of carbonyl (C=O) groups excluding carboxylic acids is 1. The van der Waals surface area contributed by atoms with E-state index in [9.17, 15) is 13.2 Å². The minimum absolute atomic E-state index is 0.0148. The molecule has 1 heterocycles. The molecule has 0 atom stereocenters.